The van der Waals surface area contributed by atoms with Crippen LogP contribution in [0.5, 0.6) is 0 Å². The van der Waals surface area contributed by atoms with E-state index in [2.05, 4.69) is 47.1 Å². The highest BCUT2D eigenvalue weighted by Crippen LogP contribution is 2.36. The fraction of sp³-hybridized carbons (Fsp3) is 0.0755. The van der Waals surface area contributed by atoms with E-state index in [1.165, 1.54) is 0 Å². The Morgan fingerprint density at radius 1 is 0.521 bits per heavy atom. The van der Waals surface area contributed by atoms with Crippen LogP contribution in [0.25, 0.3) is 55.4 Å². The smallest absolute Gasteiger partial charge is 0.180 e. The van der Waals surface area contributed by atoms with Gasteiger partial charge in [0.25, 0.3) is 0 Å². The van der Waals surface area contributed by atoms with Crippen molar-refractivity contribution in [3.8, 4) is 28.3 Å². The summed E-state index contributed by atoms with van der Waals surface area (Å²) in [7, 11) is 0. The number of benzene rings is 6. The molecule has 18 heteroatoms. The summed E-state index contributed by atoms with van der Waals surface area (Å²) < 4.78 is 7.19. The van der Waals surface area contributed by atoms with Gasteiger partial charge >= 0.3 is 0 Å². The van der Waals surface area contributed by atoms with Gasteiger partial charge in [0.05, 0.1) is 59.1 Å². The summed E-state index contributed by atoms with van der Waals surface area (Å²) in [5.74, 6) is 0. The Labute approximate surface area is 419 Å². The van der Waals surface area contributed by atoms with Crippen LogP contribution in [0.4, 0.5) is 0 Å². The lowest BCUT2D eigenvalue weighted by molar-refractivity contribution is 0.210. The number of nitrogens with zero attached hydrogens (tertiary/aromatic N) is 13. The van der Waals surface area contributed by atoms with Gasteiger partial charge in [-0.25, -0.2) is 9.97 Å². The minimum atomic E-state index is -0.910. The lowest BCUT2D eigenvalue weighted by atomic mass is 9.97. The summed E-state index contributed by atoms with van der Waals surface area (Å²) in [4.78, 5) is 8.56. The number of pyridine rings is 2. The molecule has 0 saturated carbocycles. The molecule has 0 aliphatic heterocycles. The van der Waals surface area contributed by atoms with E-state index in [9.17, 15) is 10.2 Å². The van der Waals surface area contributed by atoms with E-state index in [-0.39, 0.29) is 0 Å². The lowest BCUT2D eigenvalue weighted by Gasteiger charge is -2.16. The van der Waals surface area contributed by atoms with Crippen LogP contribution in [-0.4, -0.2) is 69.4 Å². The van der Waals surface area contributed by atoms with Gasteiger partial charge in [0.2, 0.25) is 0 Å². The lowest BCUT2D eigenvalue weighted by Crippen LogP contribution is -2.09. The van der Waals surface area contributed by atoms with Crippen molar-refractivity contribution < 1.29 is 10.2 Å². The molecular weight excluding hydrogens is 957 g/mol. The molecule has 6 heterocycles. The minimum absolute atomic E-state index is 0.519. The van der Waals surface area contributed by atoms with E-state index < -0.39 is 12.2 Å². The van der Waals surface area contributed by atoms with Crippen LogP contribution in [-0.2, 0) is 13.1 Å². The maximum atomic E-state index is 11.4. The van der Waals surface area contributed by atoms with Crippen molar-refractivity contribution in [1.29, 1.82) is 5.26 Å². The summed E-state index contributed by atoms with van der Waals surface area (Å²) in [5.41, 5.74) is 12.0. The molecule has 2 unspecified atom stereocenters. The fourth-order valence-electron chi connectivity index (χ4n) is 8.75. The highest BCUT2D eigenvalue weighted by atomic mass is 35.5. The molecule has 0 bridgehead atoms. The van der Waals surface area contributed by atoms with Gasteiger partial charge in [0.1, 0.15) is 12.2 Å². The van der Waals surface area contributed by atoms with Gasteiger partial charge in [-0.05, 0) is 150 Å². The molecule has 0 amide bonds. The van der Waals surface area contributed by atoms with Gasteiger partial charge < -0.3 is 19.3 Å². The number of tetrazole rings is 2. The maximum absolute atomic E-state index is 11.4. The number of imidazole rings is 2. The Morgan fingerprint density at radius 2 is 0.986 bits per heavy atom. The molecule has 6 aromatic heterocycles. The molecule has 71 heavy (non-hydrogen) atoms. The first kappa shape index (κ1) is 45.1. The van der Waals surface area contributed by atoms with Crippen LogP contribution in [0, 0.1) is 11.3 Å². The Morgan fingerprint density at radius 3 is 1.44 bits per heavy atom. The molecule has 15 nitrogen and oxygen atoms in total. The zero-order valence-corrected chi connectivity index (χ0v) is 39.3. The molecular formula is C53H36Cl3N13O2. The van der Waals surface area contributed by atoms with Gasteiger partial charge in [-0.3, -0.25) is 0 Å². The number of aliphatic hydroxyl groups is 2. The summed E-state index contributed by atoms with van der Waals surface area (Å²) in [6, 6.07) is 47.7. The van der Waals surface area contributed by atoms with E-state index in [0.717, 1.165) is 60.8 Å². The van der Waals surface area contributed by atoms with Crippen molar-refractivity contribution in [2.45, 2.75) is 25.3 Å². The molecule has 2 atom stereocenters. The van der Waals surface area contributed by atoms with Crippen molar-refractivity contribution in [3.63, 3.8) is 0 Å². The number of aromatic nitrogens is 12. The van der Waals surface area contributed by atoms with E-state index in [1.54, 1.807) is 46.2 Å². The topological polar surface area (TPSA) is 186 Å². The summed E-state index contributed by atoms with van der Waals surface area (Å²) in [6.45, 7) is 1.08. The standard InChI is InChI=1S/C27H18ClN7O.C26H18Cl2N6O/c28-21-3-1-2-19(10-21)22-12-26-31-32-33-35(26)24-9-8-20(11-23(22)24)27(36)25-14-30-16-34(25)15-18-6-4-17(13-29)5-7-18;27-19-7-4-16(5-8-19)14-33-15-29-13-24(33)26(35)18-6-9-23-22(11-18)21(12-25-30-31-32-34(23)25)17-2-1-3-20(28)10-17/h1-12,14,16,27,36H,15H2;1-13,15,26,35H,14H2. The van der Waals surface area contributed by atoms with Gasteiger partial charge in [-0.1, -0.05) is 95.5 Å². The molecule has 0 spiro atoms. The number of nitriles is 1. The van der Waals surface area contributed by atoms with Crippen molar-refractivity contribution in [2.75, 3.05) is 0 Å². The van der Waals surface area contributed by atoms with E-state index in [1.807, 2.05) is 143 Å². The quantitative estimate of drug-likeness (QED) is 0.133. The number of aliphatic hydroxyl groups excluding tert-OH is 2. The van der Waals surface area contributed by atoms with Crippen LogP contribution < -0.4 is 0 Å². The Kier molecular flexibility index (Phi) is 12.2. The van der Waals surface area contributed by atoms with Crippen molar-refractivity contribution in [3.05, 3.63) is 225 Å². The minimum Gasteiger partial charge on any atom is -0.382 e. The van der Waals surface area contributed by atoms with Crippen LogP contribution >= 0.6 is 34.8 Å². The van der Waals surface area contributed by atoms with Crippen molar-refractivity contribution >= 4 is 67.9 Å². The van der Waals surface area contributed by atoms with Gasteiger partial charge in [-0.2, -0.15) is 14.3 Å². The Balaban J connectivity index is 0.000000154. The molecule has 2 N–H and O–H groups in total. The molecule has 6 aromatic carbocycles. The highest BCUT2D eigenvalue weighted by molar-refractivity contribution is 6.31. The molecule has 0 aliphatic rings. The zero-order chi connectivity index (χ0) is 48.6. The number of hydrogen-bond donors (Lipinski definition) is 2. The first-order valence-corrected chi connectivity index (χ1v) is 23.2. The third-order valence-corrected chi connectivity index (χ3v) is 13.0. The second kappa shape index (κ2) is 19.2. The van der Waals surface area contributed by atoms with E-state index in [0.29, 0.717) is 62.0 Å². The van der Waals surface area contributed by atoms with Crippen LogP contribution in [0.3, 0.4) is 0 Å². The second-order valence-corrected chi connectivity index (χ2v) is 18.0. The largest absolute Gasteiger partial charge is 0.382 e. The molecule has 12 rings (SSSR count). The van der Waals surface area contributed by atoms with Crippen LogP contribution in [0.15, 0.2) is 171 Å². The Bertz CT molecular complexity index is 3950. The van der Waals surface area contributed by atoms with E-state index >= 15 is 0 Å². The first-order valence-electron chi connectivity index (χ1n) is 22.1. The zero-order valence-electron chi connectivity index (χ0n) is 37.1. The fourth-order valence-corrected chi connectivity index (χ4v) is 9.26. The molecule has 12 aromatic rings. The molecule has 0 fully saturated rings. The average Bonchev–Trinajstić information content (AvgIpc) is 4.25. The first-order chi connectivity index (χ1) is 34.7. The normalized spacial score (nSPS) is 12.3. The van der Waals surface area contributed by atoms with Crippen molar-refractivity contribution in [2.24, 2.45) is 0 Å². The van der Waals surface area contributed by atoms with Crippen LogP contribution in [0.2, 0.25) is 15.1 Å². The summed E-state index contributed by atoms with van der Waals surface area (Å²) >= 11 is 18.6. The molecule has 0 saturated heterocycles. The van der Waals surface area contributed by atoms with E-state index in [4.69, 9.17) is 40.1 Å². The number of halogens is 3. The van der Waals surface area contributed by atoms with Gasteiger partial charge in [-0.15, -0.1) is 10.2 Å². The summed E-state index contributed by atoms with van der Waals surface area (Å²) in [5, 5.41) is 59.7. The predicted octanol–water partition coefficient (Wildman–Crippen LogP) is 10.4. The van der Waals surface area contributed by atoms with Crippen molar-refractivity contribution in [1.82, 2.24) is 59.2 Å². The third kappa shape index (κ3) is 9.05. The van der Waals surface area contributed by atoms with Gasteiger partial charge in [0.15, 0.2) is 11.3 Å². The monoisotopic (exact) mass is 991 g/mol. The Hall–Kier alpha value is -8.36. The van der Waals surface area contributed by atoms with Crippen LogP contribution in [0.1, 0.15) is 51.4 Å². The molecule has 0 radical (unpaired) electrons. The molecule has 0 aliphatic carbocycles. The maximum Gasteiger partial charge on any atom is 0.180 e. The second-order valence-electron chi connectivity index (χ2n) is 16.7. The molecule has 346 valence electrons. The van der Waals surface area contributed by atoms with Gasteiger partial charge in [0, 0.05) is 38.9 Å². The highest BCUT2D eigenvalue weighted by Gasteiger charge is 2.21. The average molecular weight is 993 g/mol. The SMILES string of the molecule is N#Cc1ccc(Cn2cncc2C(O)c2ccc3c(c2)c(-c2cccc(Cl)c2)cc2nnnn23)cc1.OC(c1ccc2c(c1)c(-c1cccc(Cl)c1)cc1nnnn12)c1cncn1Cc1ccc(Cl)cc1. The summed E-state index contributed by atoms with van der Waals surface area (Å²) in [6.07, 6.45) is 4.97. The number of rotatable bonds is 10. The number of hydrogen-bond acceptors (Lipinski definition) is 11. The number of fused-ring (bicyclic) bond motifs is 6. The predicted molar refractivity (Wildman–Crippen MR) is 271 cm³/mol. The third-order valence-electron chi connectivity index (χ3n) is 12.3.